The summed E-state index contributed by atoms with van der Waals surface area (Å²) in [7, 11) is 1.20. The lowest BCUT2D eigenvalue weighted by Crippen LogP contribution is -2.31. The number of amides is 1. The van der Waals surface area contributed by atoms with Crippen LogP contribution in [0.5, 0.6) is 0 Å². The van der Waals surface area contributed by atoms with Crippen molar-refractivity contribution in [1.82, 2.24) is 5.32 Å². The van der Waals surface area contributed by atoms with Crippen LogP contribution in [0.3, 0.4) is 0 Å². The van der Waals surface area contributed by atoms with E-state index in [1.165, 1.54) is 19.2 Å². The summed E-state index contributed by atoms with van der Waals surface area (Å²) >= 11 is 0. The number of halogens is 1. The number of nitro groups is 1. The molecule has 1 aliphatic heterocycles. The highest BCUT2D eigenvalue weighted by molar-refractivity contribution is 5.97. The molecule has 1 saturated carbocycles. The maximum absolute atomic E-state index is 12.5. The molecule has 25 heavy (non-hydrogen) atoms. The third-order valence-electron chi connectivity index (χ3n) is 4.92. The fraction of sp³-hybridized carbons (Fsp3) is 0.500. The Kier molecular flexibility index (Phi) is 5.64. The van der Waals surface area contributed by atoms with Gasteiger partial charge in [0, 0.05) is 23.7 Å². The van der Waals surface area contributed by atoms with Gasteiger partial charge in [0.05, 0.1) is 17.6 Å². The van der Waals surface area contributed by atoms with Crippen LogP contribution in [0, 0.1) is 21.4 Å². The summed E-state index contributed by atoms with van der Waals surface area (Å²) in [4.78, 5) is 34.5. The van der Waals surface area contributed by atoms with Gasteiger partial charge in [0.1, 0.15) is 0 Å². The number of piperidine rings is 1. The minimum atomic E-state index is -0.685. The number of non-ortho nitro benzene ring substituents is 1. The van der Waals surface area contributed by atoms with Crippen molar-refractivity contribution >= 4 is 35.7 Å². The van der Waals surface area contributed by atoms with E-state index >= 15 is 0 Å². The first-order valence-electron chi connectivity index (χ1n) is 7.84. The van der Waals surface area contributed by atoms with Crippen LogP contribution in [0.4, 0.5) is 11.4 Å². The first-order valence-corrected chi connectivity index (χ1v) is 7.84. The quantitative estimate of drug-likeness (QED) is 0.478. The maximum atomic E-state index is 12.5. The minimum Gasteiger partial charge on any atom is -0.465 e. The number of anilines is 1. The molecule has 1 aliphatic carbocycles. The summed E-state index contributed by atoms with van der Waals surface area (Å²) in [6.45, 7) is 1.82. The Labute approximate surface area is 150 Å². The lowest BCUT2D eigenvalue weighted by molar-refractivity contribution is -0.384. The number of hydrogen-bond donors (Lipinski definition) is 2. The number of hydrogen-bond acceptors (Lipinski definition) is 6. The second kappa shape index (κ2) is 7.37. The van der Waals surface area contributed by atoms with E-state index in [4.69, 9.17) is 0 Å². The number of nitro benzene ring substituents is 1. The monoisotopic (exact) mass is 369 g/mol. The Morgan fingerprint density at radius 1 is 1.32 bits per heavy atom. The molecule has 2 N–H and O–H groups in total. The van der Waals surface area contributed by atoms with Crippen molar-refractivity contribution in [2.75, 3.05) is 25.5 Å². The van der Waals surface area contributed by atoms with Crippen molar-refractivity contribution in [3.63, 3.8) is 0 Å². The Morgan fingerprint density at radius 2 is 2.00 bits per heavy atom. The number of esters is 1. The molecule has 2 aliphatic rings. The second-order valence-corrected chi connectivity index (χ2v) is 6.38. The molecule has 1 spiro atoms. The minimum absolute atomic E-state index is 0. The van der Waals surface area contributed by atoms with Gasteiger partial charge in [-0.1, -0.05) is 0 Å². The molecule has 0 radical (unpaired) electrons. The number of carbonyl (C=O) groups is 2. The van der Waals surface area contributed by atoms with Crippen LogP contribution in [0.1, 0.15) is 29.6 Å². The molecule has 1 amide bonds. The molecular weight excluding hydrogens is 350 g/mol. The largest absolute Gasteiger partial charge is 0.465 e. The number of methoxy groups -OCH3 is 1. The topological polar surface area (TPSA) is 111 Å². The number of benzene rings is 1. The summed E-state index contributed by atoms with van der Waals surface area (Å²) < 4.78 is 4.60. The SMILES string of the molecule is COC(=O)c1cc(NC(=O)C2CC23CCNCC3)cc([N+](=O)[O-])c1.Cl. The Balaban J connectivity index is 0.00000225. The first-order chi connectivity index (χ1) is 11.4. The van der Waals surface area contributed by atoms with Gasteiger partial charge in [0.2, 0.25) is 5.91 Å². The van der Waals surface area contributed by atoms with Gasteiger partial charge in [0.15, 0.2) is 0 Å². The summed E-state index contributed by atoms with van der Waals surface area (Å²) in [6, 6.07) is 3.78. The molecule has 1 aromatic carbocycles. The van der Waals surface area contributed by atoms with Gasteiger partial charge in [-0.05, 0) is 43.8 Å². The van der Waals surface area contributed by atoms with Crippen LogP contribution in [-0.4, -0.2) is 37.0 Å². The van der Waals surface area contributed by atoms with Gasteiger partial charge in [-0.2, -0.15) is 0 Å². The van der Waals surface area contributed by atoms with E-state index in [1.807, 2.05) is 0 Å². The summed E-state index contributed by atoms with van der Waals surface area (Å²) in [5.74, 6) is -0.899. The zero-order valence-corrected chi connectivity index (χ0v) is 14.6. The Bertz CT molecular complexity index is 703. The normalized spacial score (nSPS) is 20.3. The molecule has 1 saturated heterocycles. The van der Waals surface area contributed by atoms with E-state index in [9.17, 15) is 19.7 Å². The number of carbonyl (C=O) groups excluding carboxylic acids is 2. The van der Waals surface area contributed by atoms with Crippen molar-refractivity contribution < 1.29 is 19.2 Å². The molecular formula is C16H20ClN3O5. The van der Waals surface area contributed by atoms with Gasteiger partial charge >= 0.3 is 5.97 Å². The zero-order chi connectivity index (χ0) is 17.3. The van der Waals surface area contributed by atoms with E-state index in [0.29, 0.717) is 0 Å². The molecule has 0 bridgehead atoms. The van der Waals surface area contributed by atoms with Crippen LogP contribution in [-0.2, 0) is 9.53 Å². The van der Waals surface area contributed by atoms with Crippen molar-refractivity contribution in [1.29, 1.82) is 0 Å². The number of nitrogens with zero attached hydrogens (tertiary/aromatic N) is 1. The summed E-state index contributed by atoms with van der Waals surface area (Å²) in [6.07, 6.45) is 2.78. The zero-order valence-electron chi connectivity index (χ0n) is 13.7. The second-order valence-electron chi connectivity index (χ2n) is 6.38. The fourth-order valence-corrected chi connectivity index (χ4v) is 3.45. The van der Waals surface area contributed by atoms with Gasteiger partial charge in [0.25, 0.3) is 5.69 Å². The van der Waals surface area contributed by atoms with Crippen LogP contribution < -0.4 is 10.6 Å². The fourth-order valence-electron chi connectivity index (χ4n) is 3.45. The highest BCUT2D eigenvalue weighted by Gasteiger charge is 2.57. The summed E-state index contributed by atoms with van der Waals surface area (Å²) in [5, 5.41) is 17.0. The molecule has 1 atom stereocenters. The third-order valence-corrected chi connectivity index (χ3v) is 4.92. The molecule has 0 aromatic heterocycles. The standard InChI is InChI=1S/C16H19N3O5.ClH/c1-24-15(21)10-6-11(8-12(7-10)19(22)23)18-14(20)13-9-16(13)2-4-17-5-3-16;/h6-8,13,17H,2-5,9H2,1H3,(H,18,20);1H. The van der Waals surface area contributed by atoms with Gasteiger partial charge in [-0.3, -0.25) is 14.9 Å². The van der Waals surface area contributed by atoms with Crippen LogP contribution in [0.2, 0.25) is 0 Å². The van der Waals surface area contributed by atoms with Crippen molar-refractivity contribution in [2.24, 2.45) is 11.3 Å². The maximum Gasteiger partial charge on any atom is 0.338 e. The Hall–Kier alpha value is -2.19. The molecule has 1 aromatic rings. The molecule has 3 rings (SSSR count). The van der Waals surface area contributed by atoms with E-state index in [-0.39, 0.29) is 46.6 Å². The molecule has 1 unspecified atom stereocenters. The molecule has 136 valence electrons. The number of nitrogens with one attached hydrogen (secondary N) is 2. The van der Waals surface area contributed by atoms with Gasteiger partial charge < -0.3 is 15.4 Å². The predicted octanol–water partition coefficient (Wildman–Crippen LogP) is 2.13. The number of ether oxygens (including phenoxy) is 1. The molecule has 2 fully saturated rings. The van der Waals surface area contributed by atoms with Gasteiger partial charge in [-0.15, -0.1) is 12.4 Å². The first kappa shape index (κ1) is 19.1. The average molecular weight is 370 g/mol. The van der Waals surface area contributed by atoms with E-state index in [2.05, 4.69) is 15.4 Å². The lowest BCUT2D eigenvalue weighted by Gasteiger charge is -2.23. The molecule has 9 heteroatoms. The summed E-state index contributed by atoms with van der Waals surface area (Å²) in [5.41, 5.74) is 0.0850. The van der Waals surface area contributed by atoms with Crippen LogP contribution in [0.15, 0.2) is 18.2 Å². The van der Waals surface area contributed by atoms with E-state index in [1.54, 1.807) is 0 Å². The molecule has 1 heterocycles. The van der Waals surface area contributed by atoms with Crippen molar-refractivity contribution in [3.8, 4) is 0 Å². The van der Waals surface area contributed by atoms with E-state index in [0.717, 1.165) is 38.4 Å². The molecule has 8 nitrogen and oxygen atoms in total. The van der Waals surface area contributed by atoms with Crippen molar-refractivity contribution in [3.05, 3.63) is 33.9 Å². The van der Waals surface area contributed by atoms with Crippen molar-refractivity contribution in [2.45, 2.75) is 19.3 Å². The average Bonchev–Trinajstić information content (AvgIpc) is 3.27. The van der Waals surface area contributed by atoms with Crippen LogP contribution in [0.25, 0.3) is 0 Å². The van der Waals surface area contributed by atoms with Crippen LogP contribution >= 0.6 is 12.4 Å². The smallest absolute Gasteiger partial charge is 0.338 e. The van der Waals surface area contributed by atoms with Gasteiger partial charge in [-0.25, -0.2) is 4.79 Å². The Morgan fingerprint density at radius 3 is 2.60 bits per heavy atom. The van der Waals surface area contributed by atoms with E-state index < -0.39 is 10.9 Å². The highest BCUT2D eigenvalue weighted by Crippen LogP contribution is 2.58. The highest BCUT2D eigenvalue weighted by atomic mass is 35.5. The predicted molar refractivity (Wildman–Crippen MR) is 93.0 cm³/mol. The number of rotatable bonds is 4. The lowest BCUT2D eigenvalue weighted by atomic mass is 9.92. The third kappa shape index (κ3) is 3.91.